The highest BCUT2D eigenvalue weighted by Gasteiger charge is 2.41. The number of piperidine rings is 1. The van der Waals surface area contributed by atoms with Crippen LogP contribution in [0.5, 0.6) is 5.75 Å². The molecular formula is C26H29ClN4O3. The third-order valence-electron chi connectivity index (χ3n) is 6.24. The van der Waals surface area contributed by atoms with E-state index in [0.29, 0.717) is 42.7 Å². The molecule has 4 rings (SSSR count). The van der Waals surface area contributed by atoms with E-state index < -0.39 is 5.41 Å². The van der Waals surface area contributed by atoms with Crippen molar-refractivity contribution in [2.24, 2.45) is 5.41 Å². The van der Waals surface area contributed by atoms with Gasteiger partial charge in [0.25, 0.3) is 5.91 Å². The van der Waals surface area contributed by atoms with Crippen LogP contribution < -0.4 is 4.74 Å². The van der Waals surface area contributed by atoms with E-state index in [-0.39, 0.29) is 18.2 Å². The van der Waals surface area contributed by atoms with Crippen molar-refractivity contribution in [2.45, 2.75) is 25.8 Å². The number of hydrogen-bond acceptors (Lipinski definition) is 4. The minimum Gasteiger partial charge on any atom is -0.493 e. The quantitative estimate of drug-likeness (QED) is 0.518. The summed E-state index contributed by atoms with van der Waals surface area (Å²) in [5, 5.41) is 7.24. The molecule has 1 atom stereocenters. The van der Waals surface area contributed by atoms with E-state index in [4.69, 9.17) is 16.3 Å². The third kappa shape index (κ3) is 5.97. The van der Waals surface area contributed by atoms with Crippen LogP contribution in [0.2, 0.25) is 5.02 Å². The molecule has 8 heteroatoms. The van der Waals surface area contributed by atoms with Crippen molar-refractivity contribution in [1.82, 2.24) is 20.0 Å². The lowest BCUT2D eigenvalue weighted by Gasteiger charge is -2.42. The monoisotopic (exact) mass is 480 g/mol. The molecule has 7 nitrogen and oxygen atoms in total. The maximum Gasteiger partial charge on any atom is 0.271 e. The zero-order chi connectivity index (χ0) is 24.0. The van der Waals surface area contributed by atoms with Crippen molar-refractivity contribution in [2.75, 3.05) is 26.7 Å². The summed E-state index contributed by atoms with van der Waals surface area (Å²) >= 11 is 6.12. The molecular weight excluding hydrogens is 452 g/mol. The molecule has 0 saturated carbocycles. The van der Waals surface area contributed by atoms with E-state index in [0.717, 1.165) is 18.4 Å². The average Bonchev–Trinajstić information content (AvgIpc) is 3.38. The van der Waals surface area contributed by atoms with Gasteiger partial charge in [0.2, 0.25) is 5.91 Å². The molecule has 0 spiro atoms. The standard InChI is InChI=1S/C26H29ClN4O3/c1-30(17-20-7-3-2-4-8-20)24(32)16-26(19-34-22-10-5-9-21(27)15-22)12-6-14-31(18-26)25(33)23-11-13-28-29-23/h2-5,7-11,13,15H,6,12,14,16-19H2,1H3,(H,28,29)/t26-/m0/s1. The number of rotatable bonds is 8. The summed E-state index contributed by atoms with van der Waals surface area (Å²) < 4.78 is 6.13. The number of benzene rings is 2. The first-order valence-corrected chi connectivity index (χ1v) is 11.8. The third-order valence-corrected chi connectivity index (χ3v) is 6.47. The van der Waals surface area contributed by atoms with Gasteiger partial charge in [-0.2, -0.15) is 5.10 Å². The number of carbonyl (C=O) groups excluding carboxylic acids is 2. The summed E-state index contributed by atoms with van der Waals surface area (Å²) in [6, 6.07) is 18.8. The summed E-state index contributed by atoms with van der Waals surface area (Å²) in [5.41, 5.74) is 1.000. The lowest BCUT2D eigenvalue weighted by atomic mass is 9.77. The van der Waals surface area contributed by atoms with Gasteiger partial charge in [-0.15, -0.1) is 0 Å². The van der Waals surface area contributed by atoms with Gasteiger partial charge in [0, 0.05) is 49.7 Å². The molecule has 1 aromatic heterocycles. The molecule has 0 bridgehead atoms. The van der Waals surface area contributed by atoms with Gasteiger partial charge in [-0.3, -0.25) is 14.7 Å². The number of likely N-dealkylation sites (tertiary alicyclic amines) is 1. The van der Waals surface area contributed by atoms with E-state index in [9.17, 15) is 9.59 Å². The highest BCUT2D eigenvalue weighted by molar-refractivity contribution is 6.30. The van der Waals surface area contributed by atoms with Gasteiger partial charge < -0.3 is 14.5 Å². The van der Waals surface area contributed by atoms with Crippen LogP contribution in [0.4, 0.5) is 0 Å². The number of hydrogen-bond donors (Lipinski definition) is 1. The fourth-order valence-corrected chi connectivity index (χ4v) is 4.61. The smallest absolute Gasteiger partial charge is 0.271 e. The van der Waals surface area contributed by atoms with Crippen molar-refractivity contribution >= 4 is 23.4 Å². The molecule has 2 amide bonds. The van der Waals surface area contributed by atoms with Crippen LogP contribution in [0.3, 0.4) is 0 Å². The van der Waals surface area contributed by atoms with Crippen LogP contribution >= 0.6 is 11.6 Å². The maximum absolute atomic E-state index is 13.3. The van der Waals surface area contributed by atoms with Crippen molar-refractivity contribution in [3.63, 3.8) is 0 Å². The molecule has 1 aliphatic heterocycles. The Morgan fingerprint density at radius 3 is 2.74 bits per heavy atom. The van der Waals surface area contributed by atoms with Crippen molar-refractivity contribution < 1.29 is 14.3 Å². The SMILES string of the molecule is CN(Cc1ccccc1)C(=O)C[C@@]1(COc2cccc(Cl)c2)CCCN(C(=O)c2ccn[nH]2)C1. The van der Waals surface area contributed by atoms with Gasteiger partial charge in [0.05, 0.1) is 6.61 Å². The number of nitrogens with zero attached hydrogens (tertiary/aromatic N) is 3. The minimum atomic E-state index is -0.516. The van der Waals surface area contributed by atoms with Crippen LogP contribution in [0.25, 0.3) is 0 Å². The zero-order valence-corrected chi connectivity index (χ0v) is 20.0. The molecule has 0 radical (unpaired) electrons. The first kappa shape index (κ1) is 23.8. The Morgan fingerprint density at radius 1 is 1.18 bits per heavy atom. The second kappa shape index (κ2) is 10.7. The summed E-state index contributed by atoms with van der Waals surface area (Å²) in [4.78, 5) is 29.9. The largest absolute Gasteiger partial charge is 0.493 e. The van der Waals surface area contributed by atoms with Gasteiger partial charge in [-0.05, 0) is 42.7 Å². The maximum atomic E-state index is 13.3. The van der Waals surface area contributed by atoms with Crippen molar-refractivity contribution in [3.05, 3.63) is 83.1 Å². The average molecular weight is 481 g/mol. The predicted octanol–water partition coefficient (Wildman–Crippen LogP) is 4.41. The van der Waals surface area contributed by atoms with E-state index >= 15 is 0 Å². The number of carbonyl (C=O) groups is 2. The summed E-state index contributed by atoms with van der Waals surface area (Å²) in [5.74, 6) is 0.554. The molecule has 0 aliphatic carbocycles. The van der Waals surface area contributed by atoms with E-state index in [1.54, 1.807) is 34.2 Å². The van der Waals surface area contributed by atoms with Crippen LogP contribution in [0.15, 0.2) is 66.9 Å². The fourth-order valence-electron chi connectivity index (χ4n) is 4.43. The van der Waals surface area contributed by atoms with Crippen molar-refractivity contribution in [1.29, 1.82) is 0 Å². The minimum absolute atomic E-state index is 0.0226. The molecule has 178 valence electrons. The molecule has 1 aliphatic rings. The molecule has 1 N–H and O–H groups in total. The Kier molecular flexibility index (Phi) is 7.53. The van der Waals surface area contributed by atoms with Crippen LogP contribution in [0, 0.1) is 5.41 Å². The number of amides is 2. The Labute approximate surface area is 204 Å². The molecule has 1 fully saturated rings. The summed E-state index contributed by atoms with van der Waals surface area (Å²) in [7, 11) is 1.82. The van der Waals surface area contributed by atoms with Crippen LogP contribution in [0.1, 0.15) is 35.3 Å². The summed E-state index contributed by atoms with van der Waals surface area (Å²) in [6.07, 6.45) is 3.41. The van der Waals surface area contributed by atoms with Gasteiger partial charge in [0.1, 0.15) is 11.4 Å². The molecule has 34 heavy (non-hydrogen) atoms. The molecule has 0 unspecified atom stereocenters. The Balaban J connectivity index is 1.51. The van der Waals surface area contributed by atoms with Gasteiger partial charge in [-0.1, -0.05) is 48.0 Å². The Hall–Kier alpha value is -3.32. The van der Waals surface area contributed by atoms with E-state index in [1.165, 1.54) is 0 Å². The highest BCUT2D eigenvalue weighted by atomic mass is 35.5. The summed E-state index contributed by atoms with van der Waals surface area (Å²) in [6.45, 7) is 1.90. The first-order valence-electron chi connectivity index (χ1n) is 11.4. The first-order chi connectivity index (χ1) is 16.4. The predicted molar refractivity (Wildman–Crippen MR) is 131 cm³/mol. The van der Waals surface area contributed by atoms with Gasteiger partial charge >= 0.3 is 0 Å². The normalized spacial score (nSPS) is 17.9. The lowest BCUT2D eigenvalue weighted by molar-refractivity contribution is -0.134. The zero-order valence-electron chi connectivity index (χ0n) is 19.2. The van der Waals surface area contributed by atoms with Gasteiger partial charge in [-0.25, -0.2) is 0 Å². The fraction of sp³-hybridized carbons (Fsp3) is 0.346. The number of aromatic amines is 1. The van der Waals surface area contributed by atoms with E-state index in [2.05, 4.69) is 10.2 Å². The Morgan fingerprint density at radius 2 is 2.00 bits per heavy atom. The number of ether oxygens (including phenoxy) is 1. The van der Waals surface area contributed by atoms with Crippen LogP contribution in [-0.2, 0) is 11.3 Å². The molecule has 2 aromatic carbocycles. The lowest BCUT2D eigenvalue weighted by Crippen LogP contribution is -2.50. The molecule has 1 saturated heterocycles. The van der Waals surface area contributed by atoms with Crippen molar-refractivity contribution in [3.8, 4) is 5.75 Å². The molecule has 3 aromatic rings. The highest BCUT2D eigenvalue weighted by Crippen LogP contribution is 2.36. The topological polar surface area (TPSA) is 78.5 Å². The number of nitrogens with one attached hydrogen (secondary N) is 1. The molecule has 2 heterocycles. The number of halogens is 1. The van der Waals surface area contributed by atoms with Gasteiger partial charge in [0.15, 0.2) is 0 Å². The Bertz CT molecular complexity index is 1110. The second-order valence-electron chi connectivity index (χ2n) is 8.96. The number of H-pyrrole nitrogens is 1. The number of aromatic nitrogens is 2. The second-order valence-corrected chi connectivity index (χ2v) is 9.40. The van der Waals surface area contributed by atoms with E-state index in [1.807, 2.05) is 49.5 Å². The van der Waals surface area contributed by atoms with Crippen LogP contribution in [-0.4, -0.2) is 58.6 Å².